The topological polar surface area (TPSA) is 3.24 Å². The number of anilines is 3. The van der Waals surface area contributed by atoms with Crippen molar-refractivity contribution in [2.45, 2.75) is 0 Å². The average Bonchev–Trinajstić information content (AvgIpc) is 3.71. The summed E-state index contributed by atoms with van der Waals surface area (Å²) in [5.74, 6) is 0. The highest BCUT2D eigenvalue weighted by Crippen LogP contribution is 2.49. The minimum atomic E-state index is 1.14. The normalized spacial score (nSPS) is 11.8. The smallest absolute Gasteiger partial charge is 0.0640 e. The van der Waals surface area contributed by atoms with Crippen LogP contribution in [0.1, 0.15) is 0 Å². The minimum absolute atomic E-state index is 1.14. The van der Waals surface area contributed by atoms with E-state index in [4.69, 9.17) is 0 Å². The van der Waals surface area contributed by atoms with E-state index in [2.05, 4.69) is 169 Å². The first-order valence-electron chi connectivity index (χ1n) is 15.9. The molecule has 0 N–H and O–H groups in total. The van der Waals surface area contributed by atoms with Crippen molar-refractivity contribution in [3.05, 3.63) is 164 Å². The molecular formula is C44H27NS2. The molecule has 0 atom stereocenters. The number of thiophene rings is 2. The van der Waals surface area contributed by atoms with E-state index in [1.807, 2.05) is 22.7 Å². The molecule has 0 bridgehead atoms. The fourth-order valence-electron chi connectivity index (χ4n) is 7.34. The Labute approximate surface area is 280 Å². The van der Waals surface area contributed by atoms with Gasteiger partial charge in [-0.2, -0.15) is 0 Å². The van der Waals surface area contributed by atoms with Crippen molar-refractivity contribution in [3.8, 4) is 11.1 Å². The van der Waals surface area contributed by atoms with Crippen LogP contribution in [0.15, 0.2) is 164 Å². The lowest BCUT2D eigenvalue weighted by Crippen LogP contribution is -2.10. The largest absolute Gasteiger partial charge is 0.308 e. The number of hydrogen-bond acceptors (Lipinski definition) is 3. The highest BCUT2D eigenvalue weighted by atomic mass is 32.1. The van der Waals surface area contributed by atoms with E-state index in [1.165, 1.54) is 84.4 Å². The van der Waals surface area contributed by atoms with Gasteiger partial charge >= 0.3 is 0 Å². The van der Waals surface area contributed by atoms with Crippen LogP contribution in [0.4, 0.5) is 17.1 Å². The molecule has 47 heavy (non-hydrogen) atoms. The second-order valence-corrected chi connectivity index (χ2v) is 14.2. The Morgan fingerprint density at radius 2 is 0.979 bits per heavy atom. The van der Waals surface area contributed by atoms with Crippen LogP contribution in [0.2, 0.25) is 0 Å². The Morgan fingerprint density at radius 1 is 0.383 bits per heavy atom. The van der Waals surface area contributed by atoms with Crippen LogP contribution in [-0.2, 0) is 0 Å². The molecule has 0 aliphatic rings. The maximum absolute atomic E-state index is 2.49. The molecular weight excluding hydrogens is 607 g/mol. The zero-order valence-electron chi connectivity index (χ0n) is 25.4. The zero-order chi connectivity index (χ0) is 30.9. The maximum Gasteiger partial charge on any atom is 0.0640 e. The molecule has 2 aromatic heterocycles. The number of nitrogens with zero attached hydrogens (tertiary/aromatic N) is 1. The second-order valence-electron chi connectivity index (χ2n) is 12.1. The number of rotatable bonds is 4. The lowest BCUT2D eigenvalue weighted by Gasteiger charge is -2.27. The average molecular weight is 634 g/mol. The van der Waals surface area contributed by atoms with Crippen molar-refractivity contribution in [2.24, 2.45) is 0 Å². The van der Waals surface area contributed by atoms with Gasteiger partial charge in [0.2, 0.25) is 0 Å². The van der Waals surface area contributed by atoms with Gasteiger partial charge in [0.25, 0.3) is 0 Å². The lowest BCUT2D eigenvalue weighted by molar-refractivity contribution is 1.32. The molecule has 1 nitrogen and oxygen atoms in total. The molecule has 2 heterocycles. The van der Waals surface area contributed by atoms with E-state index >= 15 is 0 Å². The summed E-state index contributed by atoms with van der Waals surface area (Å²) in [5.41, 5.74) is 6.03. The standard InChI is InChI=1S/C44H27NS2/c1-2-12-31-29(11-1)27-37(33-14-4-3-13-32(31)33)28-23-25-30(26-24-28)45(38-18-10-22-42-43(38)36-16-6-8-21-41(36)46-42)39-19-9-17-35-34-15-5-7-20-40(34)47-44(35)39/h1-27H. The Kier molecular flexibility index (Phi) is 5.98. The van der Waals surface area contributed by atoms with E-state index in [0.29, 0.717) is 0 Å². The fourth-order valence-corrected chi connectivity index (χ4v) is 9.67. The van der Waals surface area contributed by atoms with Crippen LogP contribution in [0.5, 0.6) is 0 Å². The molecule has 0 amide bonds. The minimum Gasteiger partial charge on any atom is -0.308 e. The van der Waals surface area contributed by atoms with Crippen LogP contribution in [0.3, 0.4) is 0 Å². The van der Waals surface area contributed by atoms with Gasteiger partial charge in [-0.15, -0.1) is 22.7 Å². The number of hydrogen-bond donors (Lipinski definition) is 0. The predicted molar refractivity (Wildman–Crippen MR) is 207 cm³/mol. The summed E-state index contributed by atoms with van der Waals surface area (Å²) < 4.78 is 5.23. The van der Waals surface area contributed by atoms with Crippen molar-refractivity contribution in [1.82, 2.24) is 0 Å². The third-order valence-corrected chi connectivity index (χ3v) is 11.8. The first-order valence-corrected chi connectivity index (χ1v) is 17.6. The van der Waals surface area contributed by atoms with Gasteiger partial charge in [-0.3, -0.25) is 0 Å². The Balaban J connectivity index is 1.22. The van der Waals surface area contributed by atoms with Crippen LogP contribution in [-0.4, -0.2) is 0 Å². The van der Waals surface area contributed by atoms with Crippen molar-refractivity contribution in [2.75, 3.05) is 4.90 Å². The third kappa shape index (κ3) is 4.14. The maximum atomic E-state index is 2.49. The summed E-state index contributed by atoms with van der Waals surface area (Å²) in [7, 11) is 0. The summed E-state index contributed by atoms with van der Waals surface area (Å²) in [6.07, 6.45) is 0. The van der Waals surface area contributed by atoms with Gasteiger partial charge < -0.3 is 4.90 Å². The van der Waals surface area contributed by atoms with E-state index in [-0.39, 0.29) is 0 Å². The first-order chi connectivity index (χ1) is 23.3. The van der Waals surface area contributed by atoms with Gasteiger partial charge in [0.05, 0.1) is 16.1 Å². The molecule has 0 aliphatic carbocycles. The molecule has 0 unspecified atom stereocenters. The summed E-state index contributed by atoms with van der Waals surface area (Å²) in [4.78, 5) is 2.49. The van der Waals surface area contributed by atoms with Crippen molar-refractivity contribution < 1.29 is 0 Å². The van der Waals surface area contributed by atoms with Gasteiger partial charge in [0, 0.05) is 41.3 Å². The van der Waals surface area contributed by atoms with Gasteiger partial charge in [0.15, 0.2) is 0 Å². The molecule has 0 fully saturated rings. The second kappa shape index (κ2) is 10.5. The molecule has 0 saturated heterocycles. The molecule has 0 radical (unpaired) electrons. The fraction of sp³-hybridized carbons (Fsp3) is 0. The van der Waals surface area contributed by atoms with Gasteiger partial charge in [-0.1, -0.05) is 115 Å². The first kappa shape index (κ1) is 26.7. The third-order valence-electron chi connectivity index (χ3n) is 9.45. The van der Waals surface area contributed by atoms with Crippen molar-refractivity contribution >= 4 is 102 Å². The number of benzene rings is 8. The highest BCUT2D eigenvalue weighted by molar-refractivity contribution is 7.26. The Hall–Kier alpha value is -5.48. The van der Waals surface area contributed by atoms with E-state index in [9.17, 15) is 0 Å². The monoisotopic (exact) mass is 633 g/mol. The summed E-state index contributed by atoms with van der Waals surface area (Å²) >= 11 is 3.75. The molecule has 220 valence electrons. The van der Waals surface area contributed by atoms with Gasteiger partial charge in [-0.05, 0) is 81.2 Å². The molecule has 3 heteroatoms. The summed E-state index contributed by atoms with van der Waals surface area (Å²) in [6, 6.07) is 60.2. The van der Waals surface area contributed by atoms with Crippen LogP contribution in [0.25, 0.3) is 73.0 Å². The van der Waals surface area contributed by atoms with Crippen LogP contribution < -0.4 is 4.90 Å². The highest BCUT2D eigenvalue weighted by Gasteiger charge is 2.22. The molecule has 10 aromatic rings. The molecule has 0 saturated carbocycles. The molecule has 8 aromatic carbocycles. The predicted octanol–water partition coefficient (Wildman–Crippen LogP) is 13.9. The van der Waals surface area contributed by atoms with Crippen LogP contribution >= 0.6 is 22.7 Å². The zero-order valence-corrected chi connectivity index (χ0v) is 27.0. The molecule has 0 spiro atoms. The lowest BCUT2D eigenvalue weighted by atomic mass is 9.93. The van der Waals surface area contributed by atoms with E-state index in [1.54, 1.807) is 0 Å². The van der Waals surface area contributed by atoms with Gasteiger partial charge in [0.1, 0.15) is 0 Å². The van der Waals surface area contributed by atoms with Gasteiger partial charge in [-0.25, -0.2) is 0 Å². The summed E-state index contributed by atoms with van der Waals surface area (Å²) in [5, 5.41) is 10.3. The Bertz CT molecular complexity index is 2800. The molecule has 10 rings (SSSR count). The number of fused-ring (bicyclic) bond motifs is 9. The van der Waals surface area contributed by atoms with Crippen molar-refractivity contribution in [1.29, 1.82) is 0 Å². The Morgan fingerprint density at radius 3 is 1.81 bits per heavy atom. The quantitative estimate of drug-likeness (QED) is 0.174. The SMILES string of the molecule is c1ccc2c(c1)cc(-c1ccc(N(c3cccc4c3sc3ccccc34)c3cccc4sc5ccccc5c34)cc1)c1ccccc12. The van der Waals surface area contributed by atoms with E-state index in [0.717, 1.165) is 5.69 Å². The van der Waals surface area contributed by atoms with Crippen LogP contribution in [0, 0.1) is 0 Å². The molecule has 0 aliphatic heterocycles. The van der Waals surface area contributed by atoms with Crippen molar-refractivity contribution in [3.63, 3.8) is 0 Å². The van der Waals surface area contributed by atoms with E-state index < -0.39 is 0 Å². The summed E-state index contributed by atoms with van der Waals surface area (Å²) in [6.45, 7) is 0.